The van der Waals surface area contributed by atoms with E-state index in [4.69, 9.17) is 0 Å². The summed E-state index contributed by atoms with van der Waals surface area (Å²) in [4.78, 5) is 10.5. The molecule has 0 heterocycles. The third-order valence-electron chi connectivity index (χ3n) is 6.84. The minimum absolute atomic E-state index is 0.213. The fourth-order valence-corrected chi connectivity index (χ4v) is 5.03. The van der Waals surface area contributed by atoms with Gasteiger partial charge in [-0.25, -0.2) is 0 Å². The monoisotopic (exact) mass is 470 g/mol. The molecule has 33 heavy (non-hydrogen) atoms. The van der Waals surface area contributed by atoms with Crippen LogP contribution in [0.3, 0.4) is 0 Å². The lowest BCUT2D eigenvalue weighted by Crippen LogP contribution is -2.51. The first kappa shape index (κ1) is 32.8. The highest BCUT2D eigenvalue weighted by molar-refractivity contribution is 4.82. The average molecular weight is 470 g/mol. The molecule has 0 aromatic carbocycles. The van der Waals surface area contributed by atoms with Crippen LogP contribution < -0.4 is 5.32 Å². The SMILES string of the molecule is CC(C)N(CCNCCN(C(C)C)C(C)(C)C)CCN(CCN(C(C)C)C(C)(C)C)C(C)C. The zero-order valence-electron chi connectivity index (χ0n) is 25.3. The van der Waals surface area contributed by atoms with E-state index in [1.807, 2.05) is 0 Å². The lowest BCUT2D eigenvalue weighted by atomic mass is 10.0. The maximum Gasteiger partial charge on any atom is 0.0128 e. The molecule has 0 amide bonds. The van der Waals surface area contributed by atoms with Crippen molar-refractivity contribution in [2.24, 2.45) is 0 Å². The van der Waals surface area contributed by atoms with Gasteiger partial charge in [0.15, 0.2) is 0 Å². The summed E-state index contributed by atoms with van der Waals surface area (Å²) in [6.07, 6.45) is 0. The lowest BCUT2D eigenvalue weighted by molar-refractivity contribution is 0.0713. The van der Waals surface area contributed by atoms with Crippen LogP contribution in [0.15, 0.2) is 0 Å². The largest absolute Gasteiger partial charge is 0.314 e. The first-order valence-corrected chi connectivity index (χ1v) is 13.7. The fraction of sp³-hybridized carbons (Fsp3) is 1.00. The molecule has 200 valence electrons. The summed E-state index contributed by atoms with van der Waals surface area (Å²) in [6.45, 7) is 41.4. The van der Waals surface area contributed by atoms with Gasteiger partial charge in [0.25, 0.3) is 0 Å². The molecule has 0 spiro atoms. The molecule has 0 aliphatic rings. The molecule has 0 atom stereocenters. The van der Waals surface area contributed by atoms with Crippen LogP contribution >= 0.6 is 0 Å². The highest BCUT2D eigenvalue weighted by Gasteiger charge is 2.25. The molecular formula is C28H63N5. The Morgan fingerprint density at radius 1 is 0.455 bits per heavy atom. The molecule has 0 aromatic heterocycles. The molecule has 0 fully saturated rings. The van der Waals surface area contributed by atoms with Gasteiger partial charge in [-0.1, -0.05) is 0 Å². The Morgan fingerprint density at radius 3 is 1.15 bits per heavy atom. The van der Waals surface area contributed by atoms with Gasteiger partial charge in [-0.3, -0.25) is 19.6 Å². The predicted molar refractivity (Wildman–Crippen MR) is 149 cm³/mol. The maximum absolute atomic E-state index is 3.70. The minimum atomic E-state index is 0.213. The number of hydrogen-bond acceptors (Lipinski definition) is 5. The van der Waals surface area contributed by atoms with Crippen LogP contribution in [0.1, 0.15) is 96.9 Å². The zero-order chi connectivity index (χ0) is 26.0. The van der Waals surface area contributed by atoms with Gasteiger partial charge < -0.3 is 5.32 Å². The molecule has 0 rings (SSSR count). The second-order valence-electron chi connectivity index (χ2n) is 12.9. The van der Waals surface area contributed by atoms with Crippen molar-refractivity contribution < 1.29 is 0 Å². The molecule has 0 aliphatic carbocycles. The quantitative estimate of drug-likeness (QED) is 0.320. The van der Waals surface area contributed by atoms with Crippen LogP contribution in [-0.4, -0.2) is 107 Å². The number of nitrogens with one attached hydrogen (secondary N) is 1. The molecule has 1 N–H and O–H groups in total. The lowest BCUT2D eigenvalue weighted by Gasteiger charge is -2.41. The summed E-state index contributed by atoms with van der Waals surface area (Å²) in [6, 6.07) is 2.29. The van der Waals surface area contributed by atoms with Crippen molar-refractivity contribution >= 4 is 0 Å². The average Bonchev–Trinajstić information content (AvgIpc) is 2.61. The summed E-state index contributed by atoms with van der Waals surface area (Å²) in [7, 11) is 0. The zero-order valence-corrected chi connectivity index (χ0v) is 25.3. The fourth-order valence-electron chi connectivity index (χ4n) is 5.03. The first-order chi connectivity index (χ1) is 15.0. The van der Waals surface area contributed by atoms with E-state index < -0.39 is 0 Å². The Bertz CT molecular complexity index is 487. The number of rotatable bonds is 16. The summed E-state index contributed by atoms with van der Waals surface area (Å²) in [5.41, 5.74) is 0.433. The first-order valence-electron chi connectivity index (χ1n) is 13.7. The second-order valence-corrected chi connectivity index (χ2v) is 12.9. The van der Waals surface area contributed by atoms with E-state index in [0.29, 0.717) is 24.2 Å². The molecular weight excluding hydrogens is 406 g/mol. The van der Waals surface area contributed by atoms with Crippen molar-refractivity contribution in [3.8, 4) is 0 Å². The van der Waals surface area contributed by atoms with E-state index in [0.717, 1.165) is 52.4 Å². The maximum atomic E-state index is 3.70. The summed E-state index contributed by atoms with van der Waals surface area (Å²) < 4.78 is 0. The van der Waals surface area contributed by atoms with E-state index in [9.17, 15) is 0 Å². The van der Waals surface area contributed by atoms with Crippen LogP contribution in [0.25, 0.3) is 0 Å². The highest BCUT2D eigenvalue weighted by Crippen LogP contribution is 2.17. The van der Waals surface area contributed by atoms with Crippen molar-refractivity contribution in [1.82, 2.24) is 24.9 Å². The van der Waals surface area contributed by atoms with Gasteiger partial charge in [0.2, 0.25) is 0 Å². The summed E-state index contributed by atoms with van der Waals surface area (Å²) in [5.74, 6) is 0. The number of hydrogen-bond donors (Lipinski definition) is 1. The minimum Gasteiger partial charge on any atom is -0.314 e. The van der Waals surface area contributed by atoms with Gasteiger partial charge >= 0.3 is 0 Å². The molecule has 0 saturated carbocycles. The van der Waals surface area contributed by atoms with E-state index >= 15 is 0 Å². The topological polar surface area (TPSA) is 25.0 Å². The van der Waals surface area contributed by atoms with Gasteiger partial charge in [0.1, 0.15) is 0 Å². The van der Waals surface area contributed by atoms with Crippen molar-refractivity contribution in [2.75, 3.05) is 52.4 Å². The Labute approximate surface area is 209 Å². The molecule has 5 nitrogen and oxygen atoms in total. The van der Waals surface area contributed by atoms with Crippen molar-refractivity contribution in [3.63, 3.8) is 0 Å². The van der Waals surface area contributed by atoms with Crippen LogP contribution in [-0.2, 0) is 0 Å². The molecule has 0 aliphatic heterocycles. The van der Waals surface area contributed by atoms with Crippen LogP contribution in [0.5, 0.6) is 0 Å². The second kappa shape index (κ2) is 15.0. The van der Waals surface area contributed by atoms with Crippen LogP contribution in [0, 0.1) is 0 Å². The summed E-state index contributed by atoms with van der Waals surface area (Å²) >= 11 is 0. The number of nitrogens with zero attached hydrogens (tertiary/aromatic N) is 4. The molecule has 0 radical (unpaired) electrons. The van der Waals surface area contributed by atoms with Crippen molar-refractivity contribution in [3.05, 3.63) is 0 Å². The van der Waals surface area contributed by atoms with Crippen molar-refractivity contribution in [2.45, 2.75) is 132 Å². The van der Waals surface area contributed by atoms with Gasteiger partial charge in [0, 0.05) is 87.6 Å². The van der Waals surface area contributed by atoms with Gasteiger partial charge in [-0.2, -0.15) is 0 Å². The highest BCUT2D eigenvalue weighted by atomic mass is 15.3. The van der Waals surface area contributed by atoms with E-state index in [2.05, 4.69) is 122 Å². The molecule has 0 aromatic rings. The molecule has 0 bridgehead atoms. The Morgan fingerprint density at radius 2 is 0.788 bits per heavy atom. The third-order valence-corrected chi connectivity index (χ3v) is 6.84. The third kappa shape index (κ3) is 13.5. The summed E-state index contributed by atoms with van der Waals surface area (Å²) in [5, 5.41) is 3.70. The van der Waals surface area contributed by atoms with Gasteiger partial charge in [0.05, 0.1) is 0 Å². The standard InChI is InChI=1S/C28H63N5/c1-23(2)30(17-15-29-16-18-32(25(5)6)27(9,10)11)19-20-31(24(3)4)21-22-33(26(7)8)28(12,13)14/h23-26,29H,15-22H2,1-14H3. The van der Waals surface area contributed by atoms with Gasteiger partial charge in [-0.05, 0) is 96.9 Å². The normalized spacial score (nSPS) is 14.0. The van der Waals surface area contributed by atoms with Crippen LogP contribution in [0.4, 0.5) is 0 Å². The Hall–Kier alpha value is -0.200. The Kier molecular flexibility index (Phi) is 14.9. The smallest absolute Gasteiger partial charge is 0.0128 e. The molecule has 0 saturated heterocycles. The molecule has 0 unspecified atom stereocenters. The van der Waals surface area contributed by atoms with E-state index in [1.54, 1.807) is 0 Å². The van der Waals surface area contributed by atoms with E-state index in [-0.39, 0.29) is 11.1 Å². The van der Waals surface area contributed by atoms with Crippen molar-refractivity contribution in [1.29, 1.82) is 0 Å². The molecule has 5 heteroatoms. The predicted octanol–water partition coefficient (Wildman–Crippen LogP) is 5.01. The van der Waals surface area contributed by atoms with Crippen LogP contribution in [0.2, 0.25) is 0 Å². The van der Waals surface area contributed by atoms with Gasteiger partial charge in [-0.15, -0.1) is 0 Å². The Balaban J connectivity index is 4.65. The van der Waals surface area contributed by atoms with E-state index in [1.165, 1.54) is 0 Å².